The molecule has 26 heavy (non-hydrogen) atoms. The van der Waals surface area contributed by atoms with E-state index in [0.29, 0.717) is 0 Å². The predicted octanol–water partition coefficient (Wildman–Crippen LogP) is 2.77. The van der Waals surface area contributed by atoms with Gasteiger partial charge in [0, 0.05) is 18.2 Å². The first-order valence-electron chi connectivity index (χ1n) is 9.64. The zero-order chi connectivity index (χ0) is 18.8. The lowest BCUT2D eigenvalue weighted by Gasteiger charge is -2.46. The zero-order valence-electron chi connectivity index (χ0n) is 16.2. The van der Waals surface area contributed by atoms with Gasteiger partial charge in [-0.1, -0.05) is 81.4 Å². The minimum absolute atomic E-state index is 0.000630. The lowest BCUT2D eigenvalue weighted by molar-refractivity contribution is 0.125. The number of nitrogens with two attached hydrogens (primary N) is 2. The van der Waals surface area contributed by atoms with Crippen LogP contribution < -0.4 is 21.8 Å². The summed E-state index contributed by atoms with van der Waals surface area (Å²) in [6.07, 6.45) is 2.92. The quantitative estimate of drug-likeness (QED) is 0.816. The maximum atomic E-state index is 7.14. The standard InChI is InChI=1S/C22H32N2OSi/c1-22(2,3)26(18-10-6-4-7-11-18,19-12-8-5-9-13-19)25-17-14-15-20(23)21(24)16-17/h4-13,17,20-21H,14-16,23-24H2,1-3H3/t17-,20+,21-/m1/s1. The lowest BCUT2D eigenvalue weighted by atomic mass is 9.90. The summed E-state index contributed by atoms with van der Waals surface area (Å²) in [5, 5.41) is 2.64. The van der Waals surface area contributed by atoms with Crippen LogP contribution in [0.5, 0.6) is 0 Å². The Labute approximate surface area is 158 Å². The van der Waals surface area contributed by atoms with Crippen molar-refractivity contribution < 1.29 is 4.43 Å². The molecule has 1 aliphatic carbocycles. The molecule has 0 aromatic heterocycles. The van der Waals surface area contributed by atoms with Crippen molar-refractivity contribution in [3.63, 3.8) is 0 Å². The van der Waals surface area contributed by atoms with Gasteiger partial charge < -0.3 is 15.9 Å². The van der Waals surface area contributed by atoms with E-state index in [-0.39, 0.29) is 23.2 Å². The predicted molar refractivity (Wildman–Crippen MR) is 112 cm³/mol. The van der Waals surface area contributed by atoms with Crippen LogP contribution in [0, 0.1) is 0 Å². The van der Waals surface area contributed by atoms with Crippen LogP contribution in [0.2, 0.25) is 5.04 Å². The SMILES string of the molecule is CC(C)(C)[Si](O[C@@H]1CC[C@H](N)[C@H](N)C1)(c1ccccc1)c1ccccc1. The number of hydrogen-bond acceptors (Lipinski definition) is 3. The highest BCUT2D eigenvalue weighted by Gasteiger charge is 2.51. The Balaban J connectivity index is 2.09. The average Bonchev–Trinajstić information content (AvgIpc) is 2.63. The van der Waals surface area contributed by atoms with E-state index in [2.05, 4.69) is 81.4 Å². The molecule has 4 N–H and O–H groups in total. The van der Waals surface area contributed by atoms with Crippen LogP contribution >= 0.6 is 0 Å². The van der Waals surface area contributed by atoms with Gasteiger partial charge in [-0.3, -0.25) is 0 Å². The molecular weight excluding hydrogens is 336 g/mol. The van der Waals surface area contributed by atoms with Gasteiger partial charge in [0.15, 0.2) is 0 Å². The van der Waals surface area contributed by atoms with Crippen molar-refractivity contribution in [3.8, 4) is 0 Å². The van der Waals surface area contributed by atoms with E-state index in [4.69, 9.17) is 15.9 Å². The molecule has 1 fully saturated rings. The monoisotopic (exact) mass is 368 g/mol. The Morgan fingerprint density at radius 1 is 0.808 bits per heavy atom. The highest BCUT2D eigenvalue weighted by molar-refractivity contribution is 6.99. The second kappa shape index (κ2) is 7.65. The summed E-state index contributed by atoms with van der Waals surface area (Å²) in [4.78, 5) is 0. The second-order valence-electron chi connectivity index (χ2n) is 8.54. The van der Waals surface area contributed by atoms with Crippen molar-refractivity contribution in [2.24, 2.45) is 11.5 Å². The molecule has 2 aromatic rings. The maximum Gasteiger partial charge on any atom is 0.261 e. The van der Waals surface area contributed by atoms with Crippen LogP contribution in [0.4, 0.5) is 0 Å². The third kappa shape index (κ3) is 3.65. The van der Waals surface area contributed by atoms with Crippen molar-refractivity contribution in [2.45, 2.75) is 63.3 Å². The zero-order valence-corrected chi connectivity index (χ0v) is 17.2. The Morgan fingerprint density at radius 3 is 1.73 bits per heavy atom. The molecule has 0 aliphatic heterocycles. The normalized spacial score (nSPS) is 24.4. The molecule has 3 rings (SSSR count). The topological polar surface area (TPSA) is 61.3 Å². The summed E-state index contributed by atoms with van der Waals surface area (Å²) in [6.45, 7) is 6.94. The highest BCUT2D eigenvalue weighted by atomic mass is 28.4. The van der Waals surface area contributed by atoms with E-state index >= 15 is 0 Å². The van der Waals surface area contributed by atoms with E-state index in [1.54, 1.807) is 0 Å². The molecule has 1 saturated carbocycles. The largest absolute Gasteiger partial charge is 0.404 e. The summed E-state index contributed by atoms with van der Waals surface area (Å²) >= 11 is 0. The van der Waals surface area contributed by atoms with Crippen molar-refractivity contribution in [2.75, 3.05) is 0 Å². The van der Waals surface area contributed by atoms with Crippen LogP contribution in [0.1, 0.15) is 40.0 Å². The Hall–Kier alpha value is -1.46. The molecule has 3 nitrogen and oxygen atoms in total. The van der Waals surface area contributed by atoms with E-state index in [0.717, 1.165) is 19.3 Å². The first-order chi connectivity index (χ1) is 12.3. The Bertz CT molecular complexity index is 660. The van der Waals surface area contributed by atoms with Crippen molar-refractivity contribution >= 4 is 18.7 Å². The summed E-state index contributed by atoms with van der Waals surface area (Å²) in [6, 6.07) is 21.7. The summed E-state index contributed by atoms with van der Waals surface area (Å²) in [7, 11) is -2.48. The molecule has 2 aromatic carbocycles. The summed E-state index contributed by atoms with van der Waals surface area (Å²) in [5.41, 5.74) is 12.4. The third-order valence-electron chi connectivity index (χ3n) is 5.67. The van der Waals surface area contributed by atoms with E-state index in [1.807, 2.05) is 0 Å². The van der Waals surface area contributed by atoms with E-state index in [1.165, 1.54) is 10.4 Å². The van der Waals surface area contributed by atoms with Crippen LogP contribution in [0.3, 0.4) is 0 Å². The molecule has 140 valence electrons. The van der Waals surface area contributed by atoms with E-state index < -0.39 is 8.32 Å². The van der Waals surface area contributed by atoms with Gasteiger partial charge in [-0.15, -0.1) is 0 Å². The molecule has 0 heterocycles. The van der Waals surface area contributed by atoms with Gasteiger partial charge in [0.1, 0.15) is 0 Å². The highest BCUT2D eigenvalue weighted by Crippen LogP contribution is 2.39. The molecule has 0 bridgehead atoms. The van der Waals surface area contributed by atoms with Gasteiger partial charge in [0.2, 0.25) is 0 Å². The van der Waals surface area contributed by atoms with Crippen molar-refractivity contribution in [3.05, 3.63) is 60.7 Å². The maximum absolute atomic E-state index is 7.14. The van der Waals surface area contributed by atoms with E-state index in [9.17, 15) is 0 Å². The minimum Gasteiger partial charge on any atom is -0.404 e. The lowest BCUT2D eigenvalue weighted by Crippen LogP contribution is -2.68. The molecule has 4 heteroatoms. The van der Waals surface area contributed by atoms with Crippen molar-refractivity contribution in [1.82, 2.24) is 0 Å². The van der Waals surface area contributed by atoms with Gasteiger partial charge in [-0.2, -0.15) is 0 Å². The van der Waals surface area contributed by atoms with Gasteiger partial charge >= 0.3 is 0 Å². The van der Waals surface area contributed by atoms with Gasteiger partial charge in [0.05, 0.1) is 0 Å². The third-order valence-corrected chi connectivity index (χ3v) is 10.8. The average molecular weight is 369 g/mol. The Morgan fingerprint density at radius 2 is 1.31 bits per heavy atom. The molecule has 3 atom stereocenters. The molecular formula is C22H32N2OSi. The smallest absolute Gasteiger partial charge is 0.261 e. The Kier molecular flexibility index (Phi) is 5.68. The number of benzene rings is 2. The van der Waals surface area contributed by atoms with Crippen LogP contribution in [-0.2, 0) is 4.43 Å². The summed E-state index contributed by atoms with van der Waals surface area (Å²) < 4.78 is 7.14. The number of rotatable bonds is 4. The van der Waals surface area contributed by atoms with Gasteiger partial charge in [0.25, 0.3) is 8.32 Å². The fourth-order valence-electron chi connectivity index (χ4n) is 4.24. The molecule has 0 radical (unpaired) electrons. The van der Waals surface area contributed by atoms with Crippen molar-refractivity contribution in [1.29, 1.82) is 0 Å². The fraction of sp³-hybridized carbons (Fsp3) is 0.455. The van der Waals surface area contributed by atoms with Gasteiger partial charge in [-0.25, -0.2) is 0 Å². The summed E-state index contributed by atoms with van der Waals surface area (Å²) in [5.74, 6) is 0. The molecule has 0 unspecified atom stereocenters. The fourth-order valence-corrected chi connectivity index (χ4v) is 8.97. The molecule has 1 aliphatic rings. The number of hydrogen-bond donors (Lipinski definition) is 2. The first-order valence-corrected chi connectivity index (χ1v) is 11.6. The molecule has 0 saturated heterocycles. The van der Waals surface area contributed by atoms with Crippen LogP contribution in [0.25, 0.3) is 0 Å². The first kappa shape index (κ1) is 19.3. The molecule has 0 amide bonds. The van der Waals surface area contributed by atoms with Crippen LogP contribution in [-0.4, -0.2) is 26.5 Å². The van der Waals surface area contributed by atoms with Crippen LogP contribution in [0.15, 0.2) is 60.7 Å². The molecule has 0 spiro atoms. The van der Waals surface area contributed by atoms with Gasteiger partial charge in [-0.05, 0) is 34.7 Å². The minimum atomic E-state index is -2.48. The second-order valence-corrected chi connectivity index (χ2v) is 12.8.